The van der Waals surface area contributed by atoms with Crippen LogP contribution in [0.25, 0.3) is 0 Å². The van der Waals surface area contributed by atoms with Gasteiger partial charge in [0, 0.05) is 37.6 Å². The molecule has 0 atom stereocenters. The Bertz CT molecular complexity index is 338. The molecule has 0 radical (unpaired) electrons. The first-order chi connectivity index (χ1) is 7.79. The van der Waals surface area contributed by atoms with Crippen molar-refractivity contribution in [1.29, 1.82) is 0 Å². The Morgan fingerprint density at radius 2 is 2.19 bits per heavy atom. The van der Waals surface area contributed by atoms with Crippen molar-refractivity contribution >= 4 is 5.69 Å². The van der Waals surface area contributed by atoms with Crippen molar-refractivity contribution in [3.8, 4) is 0 Å². The number of hydrogen-bond acceptors (Lipinski definition) is 3. The summed E-state index contributed by atoms with van der Waals surface area (Å²) in [5.41, 5.74) is 0.912. The lowest BCUT2D eigenvalue weighted by atomic mass is 9.94. The van der Waals surface area contributed by atoms with E-state index in [9.17, 15) is 4.39 Å². The van der Waals surface area contributed by atoms with E-state index in [2.05, 4.69) is 9.88 Å². The van der Waals surface area contributed by atoms with Crippen molar-refractivity contribution in [1.82, 2.24) is 4.98 Å². The third kappa shape index (κ3) is 2.70. The summed E-state index contributed by atoms with van der Waals surface area (Å²) in [6, 6.07) is 3.32. The Morgan fingerprint density at radius 3 is 2.81 bits per heavy atom. The zero-order valence-corrected chi connectivity index (χ0v) is 9.27. The number of halogens is 1. The maximum Gasteiger partial charge on any atom is 0.214 e. The second kappa shape index (κ2) is 5.25. The predicted molar refractivity (Wildman–Crippen MR) is 60.8 cm³/mol. The average Bonchev–Trinajstić information content (AvgIpc) is 2.30. The minimum absolute atomic E-state index is 0.272. The summed E-state index contributed by atoms with van der Waals surface area (Å²) in [4.78, 5) is 5.73. The molecule has 1 N–H and O–H groups in total. The van der Waals surface area contributed by atoms with Gasteiger partial charge >= 0.3 is 0 Å². The molecule has 3 nitrogen and oxygen atoms in total. The van der Waals surface area contributed by atoms with Crippen molar-refractivity contribution in [3.05, 3.63) is 24.3 Å². The highest BCUT2D eigenvalue weighted by Crippen LogP contribution is 2.24. The molecule has 4 heteroatoms. The number of anilines is 1. The van der Waals surface area contributed by atoms with E-state index in [1.807, 2.05) is 6.07 Å². The first kappa shape index (κ1) is 11.3. The molecule has 2 rings (SSSR count). The van der Waals surface area contributed by atoms with Gasteiger partial charge in [0.2, 0.25) is 5.95 Å². The van der Waals surface area contributed by atoms with E-state index in [0.717, 1.165) is 38.0 Å². The highest BCUT2D eigenvalue weighted by Gasteiger charge is 2.19. The molecule has 0 aliphatic carbocycles. The number of pyridine rings is 1. The summed E-state index contributed by atoms with van der Waals surface area (Å²) in [7, 11) is 0. The molecule has 0 bridgehead atoms. The normalized spacial score (nSPS) is 17.8. The van der Waals surface area contributed by atoms with E-state index in [0.29, 0.717) is 5.92 Å². The van der Waals surface area contributed by atoms with Crippen LogP contribution in [-0.2, 0) is 0 Å². The first-order valence-electron chi connectivity index (χ1n) is 5.77. The SMILES string of the molecule is OCCC1CCN(c2ccnc(F)c2)CC1. The van der Waals surface area contributed by atoms with E-state index >= 15 is 0 Å². The molecule has 1 saturated heterocycles. The lowest BCUT2D eigenvalue weighted by Gasteiger charge is -2.33. The van der Waals surface area contributed by atoms with Gasteiger partial charge < -0.3 is 10.0 Å². The summed E-state index contributed by atoms with van der Waals surface area (Å²) >= 11 is 0. The van der Waals surface area contributed by atoms with Crippen molar-refractivity contribution in [2.45, 2.75) is 19.3 Å². The minimum Gasteiger partial charge on any atom is -0.396 e. The molecular weight excluding hydrogens is 207 g/mol. The molecule has 1 fully saturated rings. The molecule has 1 aromatic rings. The van der Waals surface area contributed by atoms with Gasteiger partial charge in [0.05, 0.1) is 0 Å². The van der Waals surface area contributed by atoms with Crippen LogP contribution in [-0.4, -0.2) is 29.8 Å². The standard InChI is InChI=1S/C12H17FN2O/c13-12-9-11(1-5-14-12)15-6-2-10(3-7-15)4-8-16/h1,5,9-10,16H,2-4,6-8H2. The van der Waals surface area contributed by atoms with E-state index < -0.39 is 5.95 Å². The molecule has 0 amide bonds. The molecule has 0 saturated carbocycles. The summed E-state index contributed by atoms with van der Waals surface area (Å²) in [6.45, 7) is 2.15. The van der Waals surface area contributed by atoms with E-state index in [-0.39, 0.29) is 6.61 Å². The fraction of sp³-hybridized carbons (Fsp3) is 0.583. The summed E-state index contributed by atoms with van der Waals surface area (Å²) in [6.07, 6.45) is 4.54. The van der Waals surface area contributed by atoms with Crippen LogP contribution in [0, 0.1) is 11.9 Å². The highest BCUT2D eigenvalue weighted by atomic mass is 19.1. The van der Waals surface area contributed by atoms with Gasteiger partial charge in [-0.3, -0.25) is 0 Å². The molecule has 0 spiro atoms. The zero-order chi connectivity index (χ0) is 11.4. The quantitative estimate of drug-likeness (QED) is 0.796. The number of aliphatic hydroxyl groups excluding tert-OH is 1. The lowest BCUT2D eigenvalue weighted by molar-refractivity contribution is 0.240. The number of hydrogen-bond donors (Lipinski definition) is 1. The molecular formula is C12H17FN2O. The van der Waals surface area contributed by atoms with Crippen molar-refractivity contribution < 1.29 is 9.50 Å². The first-order valence-corrected chi connectivity index (χ1v) is 5.77. The number of nitrogens with zero attached hydrogens (tertiary/aromatic N) is 2. The maximum absolute atomic E-state index is 12.9. The summed E-state index contributed by atoms with van der Waals surface area (Å²) < 4.78 is 12.9. The predicted octanol–water partition coefficient (Wildman–Crippen LogP) is 1.82. The molecule has 1 aromatic heterocycles. The van der Waals surface area contributed by atoms with E-state index in [1.165, 1.54) is 12.3 Å². The topological polar surface area (TPSA) is 36.4 Å². The van der Waals surface area contributed by atoms with Gasteiger partial charge in [0.25, 0.3) is 0 Å². The Balaban J connectivity index is 1.94. The van der Waals surface area contributed by atoms with Gasteiger partial charge in [-0.05, 0) is 31.2 Å². The third-order valence-corrected chi connectivity index (χ3v) is 3.23. The van der Waals surface area contributed by atoms with E-state index in [1.54, 1.807) is 0 Å². The lowest BCUT2D eigenvalue weighted by Crippen LogP contribution is -2.33. The molecule has 1 aliphatic heterocycles. The van der Waals surface area contributed by atoms with Gasteiger partial charge in [-0.15, -0.1) is 0 Å². The van der Waals surface area contributed by atoms with Crippen LogP contribution in [0.1, 0.15) is 19.3 Å². The number of piperidine rings is 1. The maximum atomic E-state index is 12.9. The molecule has 0 aromatic carbocycles. The Morgan fingerprint density at radius 1 is 1.44 bits per heavy atom. The summed E-state index contributed by atoms with van der Waals surface area (Å²) in [5.74, 6) is 0.197. The van der Waals surface area contributed by atoms with Crippen LogP contribution >= 0.6 is 0 Å². The smallest absolute Gasteiger partial charge is 0.214 e. The molecule has 2 heterocycles. The van der Waals surface area contributed by atoms with Crippen LogP contribution in [0.3, 0.4) is 0 Å². The second-order valence-electron chi connectivity index (χ2n) is 4.28. The number of rotatable bonds is 3. The van der Waals surface area contributed by atoms with Gasteiger partial charge in [-0.2, -0.15) is 4.39 Å². The van der Waals surface area contributed by atoms with Crippen LogP contribution in [0.5, 0.6) is 0 Å². The fourth-order valence-electron chi connectivity index (χ4n) is 2.25. The summed E-state index contributed by atoms with van der Waals surface area (Å²) in [5, 5.41) is 8.87. The highest BCUT2D eigenvalue weighted by molar-refractivity contribution is 5.45. The Kier molecular flexibility index (Phi) is 3.72. The van der Waals surface area contributed by atoms with E-state index in [4.69, 9.17) is 5.11 Å². The van der Waals surface area contributed by atoms with Crippen LogP contribution in [0.4, 0.5) is 10.1 Å². The van der Waals surface area contributed by atoms with Crippen molar-refractivity contribution in [3.63, 3.8) is 0 Å². The van der Waals surface area contributed by atoms with Gasteiger partial charge in [0.1, 0.15) is 0 Å². The van der Waals surface area contributed by atoms with Crippen molar-refractivity contribution in [2.24, 2.45) is 5.92 Å². The van der Waals surface area contributed by atoms with Gasteiger partial charge in [-0.25, -0.2) is 4.98 Å². The number of aromatic nitrogens is 1. The van der Waals surface area contributed by atoms with Crippen LogP contribution in [0.15, 0.2) is 18.3 Å². The van der Waals surface area contributed by atoms with Gasteiger partial charge in [-0.1, -0.05) is 0 Å². The number of aliphatic hydroxyl groups is 1. The monoisotopic (exact) mass is 224 g/mol. The molecule has 1 aliphatic rings. The zero-order valence-electron chi connectivity index (χ0n) is 9.27. The minimum atomic E-state index is -0.421. The molecule has 16 heavy (non-hydrogen) atoms. The Labute approximate surface area is 94.9 Å². The van der Waals surface area contributed by atoms with Crippen LogP contribution in [0.2, 0.25) is 0 Å². The molecule has 88 valence electrons. The van der Waals surface area contributed by atoms with Crippen molar-refractivity contribution in [2.75, 3.05) is 24.6 Å². The largest absolute Gasteiger partial charge is 0.396 e. The molecule has 0 unspecified atom stereocenters. The third-order valence-electron chi connectivity index (χ3n) is 3.23. The van der Waals surface area contributed by atoms with Gasteiger partial charge in [0.15, 0.2) is 0 Å². The Hall–Kier alpha value is -1.16. The fourth-order valence-corrected chi connectivity index (χ4v) is 2.25. The van der Waals surface area contributed by atoms with Crippen LogP contribution < -0.4 is 4.90 Å². The average molecular weight is 224 g/mol. The second-order valence-corrected chi connectivity index (χ2v) is 4.28.